The van der Waals surface area contributed by atoms with Gasteiger partial charge in [-0.2, -0.15) is 0 Å². The number of ether oxygens (including phenoxy) is 1. The highest BCUT2D eigenvalue weighted by Gasteiger charge is 2.31. The van der Waals surface area contributed by atoms with Gasteiger partial charge in [0.1, 0.15) is 0 Å². The summed E-state index contributed by atoms with van der Waals surface area (Å²) in [6.07, 6.45) is 0.306. The van der Waals surface area contributed by atoms with Crippen LogP contribution in [0.25, 0.3) is 0 Å². The molecule has 0 aromatic carbocycles. The molecule has 0 aromatic rings. The van der Waals surface area contributed by atoms with Crippen molar-refractivity contribution in [3.05, 3.63) is 10.1 Å². The van der Waals surface area contributed by atoms with E-state index in [1.165, 1.54) is 13.8 Å². The SMILES string of the molecule is CCOC(=O)CCC(C)(C)[N+](=O)[O-]. The molecule has 5 nitrogen and oxygen atoms in total. The summed E-state index contributed by atoms with van der Waals surface area (Å²) in [7, 11) is 0. The molecule has 0 saturated carbocycles. The van der Waals surface area contributed by atoms with Crippen molar-refractivity contribution >= 4 is 5.97 Å². The Bertz CT molecular complexity index is 200. The molecule has 0 unspecified atom stereocenters. The van der Waals surface area contributed by atoms with E-state index in [-0.39, 0.29) is 23.7 Å². The molecule has 5 heteroatoms. The van der Waals surface area contributed by atoms with E-state index in [4.69, 9.17) is 0 Å². The molecule has 0 amide bonds. The summed E-state index contributed by atoms with van der Waals surface area (Å²) in [4.78, 5) is 20.9. The molecule has 0 rings (SSSR count). The number of hydrogen-bond acceptors (Lipinski definition) is 4. The summed E-state index contributed by atoms with van der Waals surface area (Å²) >= 11 is 0. The van der Waals surface area contributed by atoms with Gasteiger partial charge < -0.3 is 4.74 Å². The molecule has 0 fully saturated rings. The van der Waals surface area contributed by atoms with Gasteiger partial charge in [-0.1, -0.05) is 0 Å². The smallest absolute Gasteiger partial charge is 0.306 e. The highest BCUT2D eigenvalue weighted by Crippen LogP contribution is 2.15. The van der Waals surface area contributed by atoms with E-state index in [2.05, 4.69) is 4.74 Å². The fourth-order valence-electron chi connectivity index (χ4n) is 0.732. The van der Waals surface area contributed by atoms with Crippen LogP contribution < -0.4 is 0 Å². The number of nitro groups is 1. The van der Waals surface area contributed by atoms with Crippen LogP contribution in [0.5, 0.6) is 0 Å². The molecular weight excluding hydrogens is 174 g/mol. The van der Waals surface area contributed by atoms with E-state index >= 15 is 0 Å². The lowest BCUT2D eigenvalue weighted by Gasteiger charge is -2.14. The normalized spacial score (nSPS) is 11.0. The molecule has 0 aliphatic carbocycles. The Kier molecular flexibility index (Phi) is 4.37. The van der Waals surface area contributed by atoms with Crippen LogP contribution >= 0.6 is 0 Å². The van der Waals surface area contributed by atoms with Crippen LogP contribution in [-0.4, -0.2) is 23.0 Å². The van der Waals surface area contributed by atoms with Gasteiger partial charge in [0, 0.05) is 25.2 Å². The maximum atomic E-state index is 10.9. The summed E-state index contributed by atoms with van der Waals surface area (Å²) in [6.45, 7) is 5.01. The molecule has 0 saturated heterocycles. The quantitative estimate of drug-likeness (QED) is 0.372. The Morgan fingerprint density at radius 3 is 2.46 bits per heavy atom. The zero-order chi connectivity index (χ0) is 10.5. The number of hydrogen-bond donors (Lipinski definition) is 0. The lowest BCUT2D eigenvalue weighted by atomic mass is 10.00. The first-order valence-electron chi connectivity index (χ1n) is 4.20. The third-order valence-corrected chi connectivity index (χ3v) is 1.74. The Labute approximate surface area is 77.2 Å². The second kappa shape index (κ2) is 4.79. The average molecular weight is 189 g/mol. The topological polar surface area (TPSA) is 69.4 Å². The third kappa shape index (κ3) is 4.45. The van der Waals surface area contributed by atoms with E-state index in [1.807, 2.05) is 0 Å². The minimum atomic E-state index is -1.05. The maximum absolute atomic E-state index is 10.9. The summed E-state index contributed by atoms with van der Waals surface area (Å²) in [5.74, 6) is -0.377. The van der Waals surface area contributed by atoms with Crippen LogP contribution in [0.1, 0.15) is 33.6 Å². The zero-order valence-corrected chi connectivity index (χ0v) is 8.20. The fraction of sp³-hybridized carbons (Fsp3) is 0.875. The van der Waals surface area contributed by atoms with Gasteiger partial charge in [0.15, 0.2) is 0 Å². The summed E-state index contributed by atoms with van der Waals surface area (Å²) in [6, 6.07) is 0. The first-order chi connectivity index (χ1) is 5.90. The number of esters is 1. The van der Waals surface area contributed by atoms with Crippen molar-refractivity contribution in [2.75, 3.05) is 6.61 Å². The van der Waals surface area contributed by atoms with Crippen LogP contribution in [0.4, 0.5) is 0 Å². The van der Waals surface area contributed by atoms with Gasteiger partial charge in [-0.15, -0.1) is 0 Å². The lowest BCUT2D eigenvalue weighted by molar-refractivity contribution is -0.561. The van der Waals surface area contributed by atoms with Crippen molar-refractivity contribution in [1.29, 1.82) is 0 Å². The molecule has 13 heavy (non-hydrogen) atoms. The minimum Gasteiger partial charge on any atom is -0.466 e. The van der Waals surface area contributed by atoms with Gasteiger partial charge in [0.2, 0.25) is 5.54 Å². The number of carbonyl (C=O) groups excluding carboxylic acids is 1. The predicted molar refractivity (Wildman–Crippen MR) is 46.9 cm³/mol. The molecule has 0 N–H and O–H groups in total. The maximum Gasteiger partial charge on any atom is 0.306 e. The van der Waals surface area contributed by atoms with Gasteiger partial charge >= 0.3 is 5.97 Å². The molecule has 0 spiro atoms. The van der Waals surface area contributed by atoms with E-state index in [9.17, 15) is 14.9 Å². The van der Waals surface area contributed by atoms with Crippen molar-refractivity contribution in [2.24, 2.45) is 0 Å². The number of rotatable bonds is 5. The van der Waals surface area contributed by atoms with Crippen molar-refractivity contribution in [1.82, 2.24) is 0 Å². The van der Waals surface area contributed by atoms with Crippen molar-refractivity contribution in [3.8, 4) is 0 Å². The van der Waals surface area contributed by atoms with Crippen molar-refractivity contribution < 1.29 is 14.5 Å². The summed E-state index contributed by atoms with van der Waals surface area (Å²) < 4.78 is 4.66. The van der Waals surface area contributed by atoms with Gasteiger partial charge in [-0.25, -0.2) is 0 Å². The Hall–Kier alpha value is -1.13. The molecule has 0 aliphatic rings. The largest absolute Gasteiger partial charge is 0.466 e. The van der Waals surface area contributed by atoms with Gasteiger partial charge in [-0.3, -0.25) is 14.9 Å². The average Bonchev–Trinajstić information content (AvgIpc) is 2.01. The van der Waals surface area contributed by atoms with Crippen molar-refractivity contribution in [2.45, 2.75) is 39.2 Å². The highest BCUT2D eigenvalue weighted by molar-refractivity contribution is 5.69. The van der Waals surface area contributed by atoms with E-state index in [0.29, 0.717) is 6.61 Å². The predicted octanol–water partition coefficient (Wildman–Crippen LogP) is 1.39. The van der Waals surface area contributed by atoms with Crippen LogP contribution in [0.3, 0.4) is 0 Å². The van der Waals surface area contributed by atoms with E-state index in [0.717, 1.165) is 0 Å². The van der Waals surface area contributed by atoms with E-state index < -0.39 is 5.54 Å². The Morgan fingerprint density at radius 1 is 1.54 bits per heavy atom. The van der Waals surface area contributed by atoms with Crippen LogP contribution in [-0.2, 0) is 9.53 Å². The molecule has 0 heterocycles. The van der Waals surface area contributed by atoms with Gasteiger partial charge in [0.05, 0.1) is 13.0 Å². The van der Waals surface area contributed by atoms with Crippen LogP contribution in [0, 0.1) is 10.1 Å². The van der Waals surface area contributed by atoms with Gasteiger partial charge in [-0.05, 0) is 6.92 Å². The summed E-state index contributed by atoms with van der Waals surface area (Å²) in [5, 5.41) is 10.4. The Morgan fingerprint density at radius 2 is 2.08 bits per heavy atom. The Balaban J connectivity index is 3.88. The zero-order valence-electron chi connectivity index (χ0n) is 8.20. The minimum absolute atomic E-state index is 0.0990. The molecule has 0 aromatic heterocycles. The fourth-order valence-corrected chi connectivity index (χ4v) is 0.732. The number of carbonyl (C=O) groups is 1. The highest BCUT2D eigenvalue weighted by atomic mass is 16.6. The lowest BCUT2D eigenvalue weighted by Crippen LogP contribution is -2.31. The van der Waals surface area contributed by atoms with E-state index in [1.54, 1.807) is 6.92 Å². The monoisotopic (exact) mass is 189 g/mol. The standard InChI is InChI=1S/C8H15NO4/c1-4-13-7(10)5-6-8(2,3)9(11)12/h4-6H2,1-3H3. The number of nitrogens with zero attached hydrogens (tertiary/aromatic N) is 1. The summed E-state index contributed by atoms with van der Waals surface area (Å²) in [5.41, 5.74) is -1.05. The molecule has 0 aliphatic heterocycles. The molecular formula is C8H15NO4. The first-order valence-corrected chi connectivity index (χ1v) is 4.20. The van der Waals surface area contributed by atoms with Gasteiger partial charge in [0.25, 0.3) is 0 Å². The van der Waals surface area contributed by atoms with Crippen molar-refractivity contribution in [3.63, 3.8) is 0 Å². The molecule has 0 radical (unpaired) electrons. The molecule has 76 valence electrons. The third-order valence-electron chi connectivity index (χ3n) is 1.74. The van der Waals surface area contributed by atoms with Crippen LogP contribution in [0.15, 0.2) is 0 Å². The second-order valence-corrected chi connectivity index (χ2v) is 3.37. The first kappa shape index (κ1) is 11.9. The molecule has 0 atom stereocenters. The molecule has 0 bridgehead atoms. The van der Waals surface area contributed by atoms with Crippen LogP contribution in [0.2, 0.25) is 0 Å². The second-order valence-electron chi connectivity index (χ2n) is 3.37.